The van der Waals surface area contributed by atoms with Crippen LogP contribution in [-0.4, -0.2) is 5.97 Å². The monoisotopic (exact) mass is 331 g/mol. The van der Waals surface area contributed by atoms with Gasteiger partial charge in [-0.25, -0.2) is 4.79 Å². The average Bonchev–Trinajstić information content (AvgIpc) is 2.54. The smallest absolute Gasteiger partial charge is 0.292 e. The maximum absolute atomic E-state index is 12.2. The van der Waals surface area contributed by atoms with E-state index in [0.717, 1.165) is 42.9 Å². The van der Waals surface area contributed by atoms with Crippen molar-refractivity contribution in [2.45, 2.75) is 84.5 Å². The van der Waals surface area contributed by atoms with E-state index in [9.17, 15) is 4.79 Å². The first-order valence-electron chi connectivity index (χ1n) is 9.47. The highest BCUT2D eigenvalue weighted by Crippen LogP contribution is 2.24. The Labute approximate surface area is 146 Å². The molecule has 1 aromatic carbocycles. The Bertz CT molecular complexity index is 498. The lowest BCUT2D eigenvalue weighted by Gasteiger charge is -2.16. The van der Waals surface area contributed by atoms with Crippen molar-refractivity contribution in [3.8, 4) is 0 Å². The maximum Gasteiger partial charge on any atom is 0.373 e. The first-order valence-corrected chi connectivity index (χ1v) is 9.47. The SMILES string of the molecule is Cc1ccc(C(=O)OO[C]2CCCCCCCCCCC2)c(C)c1. The molecule has 1 radical (unpaired) electrons. The van der Waals surface area contributed by atoms with Crippen LogP contribution in [0.1, 0.15) is 92.1 Å². The van der Waals surface area contributed by atoms with Crippen molar-refractivity contribution in [2.75, 3.05) is 0 Å². The van der Waals surface area contributed by atoms with E-state index in [1.165, 1.54) is 44.9 Å². The Morgan fingerprint density at radius 1 is 0.833 bits per heavy atom. The van der Waals surface area contributed by atoms with Crippen LogP contribution in [0.25, 0.3) is 0 Å². The minimum Gasteiger partial charge on any atom is -0.292 e. The van der Waals surface area contributed by atoms with Gasteiger partial charge in [-0.05, 0) is 38.3 Å². The summed E-state index contributed by atoms with van der Waals surface area (Å²) in [6, 6.07) is 5.72. The molecular formula is C21H31O3. The summed E-state index contributed by atoms with van der Waals surface area (Å²) in [5, 5.41) is 0. The zero-order chi connectivity index (χ0) is 17.2. The molecule has 0 N–H and O–H groups in total. The molecule has 24 heavy (non-hydrogen) atoms. The predicted octanol–water partition coefficient (Wildman–Crippen LogP) is 6.23. The predicted molar refractivity (Wildman–Crippen MR) is 96.4 cm³/mol. The van der Waals surface area contributed by atoms with Gasteiger partial charge in [-0.15, -0.1) is 0 Å². The van der Waals surface area contributed by atoms with Crippen LogP contribution in [0.2, 0.25) is 0 Å². The Morgan fingerprint density at radius 3 is 1.92 bits per heavy atom. The quantitative estimate of drug-likeness (QED) is 0.486. The van der Waals surface area contributed by atoms with Crippen LogP contribution in [0.3, 0.4) is 0 Å². The second-order valence-electron chi connectivity index (χ2n) is 6.99. The van der Waals surface area contributed by atoms with Crippen LogP contribution in [-0.2, 0) is 9.78 Å². The van der Waals surface area contributed by atoms with Crippen molar-refractivity contribution < 1.29 is 14.6 Å². The highest BCUT2D eigenvalue weighted by Gasteiger charge is 2.17. The van der Waals surface area contributed by atoms with Crippen molar-refractivity contribution in [3.63, 3.8) is 0 Å². The van der Waals surface area contributed by atoms with Gasteiger partial charge in [0.05, 0.1) is 5.56 Å². The molecule has 1 aromatic rings. The molecule has 0 aromatic heterocycles. The Balaban J connectivity index is 1.83. The van der Waals surface area contributed by atoms with Crippen LogP contribution in [0.4, 0.5) is 0 Å². The summed E-state index contributed by atoms with van der Waals surface area (Å²) in [6.45, 7) is 3.94. The largest absolute Gasteiger partial charge is 0.373 e. The molecule has 0 unspecified atom stereocenters. The number of rotatable bonds is 3. The molecule has 0 amide bonds. The third-order valence-electron chi connectivity index (χ3n) is 4.75. The maximum atomic E-state index is 12.2. The third kappa shape index (κ3) is 6.64. The number of aryl methyl sites for hydroxylation is 2. The zero-order valence-corrected chi connectivity index (χ0v) is 15.2. The van der Waals surface area contributed by atoms with Gasteiger partial charge in [-0.3, -0.25) is 4.89 Å². The highest BCUT2D eigenvalue weighted by molar-refractivity contribution is 5.90. The summed E-state index contributed by atoms with van der Waals surface area (Å²) in [5.41, 5.74) is 2.64. The molecule has 0 heterocycles. The summed E-state index contributed by atoms with van der Waals surface area (Å²) < 4.78 is 0. The van der Waals surface area contributed by atoms with Gasteiger partial charge >= 0.3 is 5.97 Å². The van der Waals surface area contributed by atoms with Gasteiger partial charge in [-0.2, -0.15) is 4.89 Å². The van der Waals surface area contributed by atoms with Crippen LogP contribution in [0.5, 0.6) is 0 Å². The molecule has 2 rings (SSSR count). The number of hydrogen-bond donors (Lipinski definition) is 0. The van der Waals surface area contributed by atoms with E-state index in [0.29, 0.717) is 5.56 Å². The lowest BCUT2D eigenvalue weighted by atomic mass is 9.99. The van der Waals surface area contributed by atoms with Gasteiger partial charge in [-0.1, -0.05) is 75.5 Å². The first kappa shape index (κ1) is 19.0. The average molecular weight is 331 g/mol. The topological polar surface area (TPSA) is 35.5 Å². The summed E-state index contributed by atoms with van der Waals surface area (Å²) in [6.07, 6.45) is 14.1. The fraction of sp³-hybridized carbons (Fsp3) is 0.619. The molecule has 0 bridgehead atoms. The van der Waals surface area contributed by atoms with E-state index in [1.807, 2.05) is 32.0 Å². The standard InChI is InChI=1S/C21H31O3/c1-17-14-15-20(18(2)16-17)21(22)24-23-19-12-10-8-6-4-3-5-7-9-11-13-19/h14-16H,3-13H2,1-2H3. The molecule has 0 atom stereocenters. The van der Waals surface area contributed by atoms with Gasteiger partial charge in [0.15, 0.2) is 0 Å². The second-order valence-corrected chi connectivity index (χ2v) is 6.99. The number of hydrogen-bond acceptors (Lipinski definition) is 3. The fourth-order valence-electron chi connectivity index (χ4n) is 3.27. The lowest BCUT2D eigenvalue weighted by molar-refractivity contribution is -0.237. The van der Waals surface area contributed by atoms with Crippen LogP contribution in [0.15, 0.2) is 18.2 Å². The van der Waals surface area contributed by atoms with Crippen molar-refractivity contribution in [1.82, 2.24) is 0 Å². The molecule has 1 aliphatic rings. The van der Waals surface area contributed by atoms with E-state index in [-0.39, 0.29) is 0 Å². The Hall–Kier alpha value is -1.35. The Kier molecular flexibility index (Phi) is 8.31. The first-order chi connectivity index (χ1) is 11.7. The van der Waals surface area contributed by atoms with Crippen molar-refractivity contribution in [1.29, 1.82) is 0 Å². The van der Waals surface area contributed by atoms with Gasteiger partial charge in [0.2, 0.25) is 0 Å². The highest BCUT2D eigenvalue weighted by atomic mass is 17.2. The molecule has 3 nitrogen and oxygen atoms in total. The van der Waals surface area contributed by atoms with Crippen molar-refractivity contribution in [2.24, 2.45) is 0 Å². The van der Waals surface area contributed by atoms with Crippen molar-refractivity contribution in [3.05, 3.63) is 41.0 Å². The summed E-state index contributed by atoms with van der Waals surface area (Å²) >= 11 is 0. The number of carbonyl (C=O) groups is 1. The minimum absolute atomic E-state index is 0.397. The summed E-state index contributed by atoms with van der Waals surface area (Å²) in [7, 11) is 0. The van der Waals surface area contributed by atoms with E-state index in [1.54, 1.807) is 0 Å². The van der Waals surface area contributed by atoms with E-state index >= 15 is 0 Å². The summed E-state index contributed by atoms with van der Waals surface area (Å²) in [4.78, 5) is 22.8. The van der Waals surface area contributed by atoms with E-state index in [4.69, 9.17) is 9.78 Å². The second kappa shape index (κ2) is 10.5. The third-order valence-corrected chi connectivity index (χ3v) is 4.75. The van der Waals surface area contributed by atoms with Gasteiger partial charge in [0.1, 0.15) is 6.10 Å². The Morgan fingerprint density at radius 2 is 1.38 bits per heavy atom. The molecule has 133 valence electrons. The molecule has 1 fully saturated rings. The minimum atomic E-state index is -0.397. The van der Waals surface area contributed by atoms with Crippen LogP contribution < -0.4 is 0 Å². The molecule has 0 saturated heterocycles. The van der Waals surface area contributed by atoms with Gasteiger partial charge in [0.25, 0.3) is 0 Å². The van der Waals surface area contributed by atoms with Crippen LogP contribution in [0, 0.1) is 20.0 Å². The number of carbonyl (C=O) groups excluding carboxylic acids is 1. The summed E-state index contributed by atoms with van der Waals surface area (Å²) in [5.74, 6) is -0.397. The molecular weight excluding hydrogens is 300 g/mol. The van der Waals surface area contributed by atoms with Crippen molar-refractivity contribution >= 4 is 5.97 Å². The molecule has 0 spiro atoms. The van der Waals surface area contributed by atoms with E-state index < -0.39 is 5.97 Å². The normalized spacial score (nSPS) is 18.4. The lowest BCUT2D eigenvalue weighted by Crippen LogP contribution is -2.12. The molecule has 1 saturated carbocycles. The van der Waals surface area contributed by atoms with Crippen LogP contribution >= 0.6 is 0 Å². The van der Waals surface area contributed by atoms with Gasteiger partial charge < -0.3 is 0 Å². The van der Waals surface area contributed by atoms with Gasteiger partial charge in [0, 0.05) is 0 Å². The molecule has 0 aliphatic heterocycles. The number of benzene rings is 1. The molecule has 1 aliphatic carbocycles. The zero-order valence-electron chi connectivity index (χ0n) is 15.2. The molecule has 3 heteroatoms. The van der Waals surface area contributed by atoms with E-state index in [2.05, 4.69) is 0 Å². The fourth-order valence-corrected chi connectivity index (χ4v) is 3.27.